The van der Waals surface area contributed by atoms with Crippen LogP contribution < -0.4 is 4.74 Å². The van der Waals surface area contributed by atoms with Gasteiger partial charge in [0.1, 0.15) is 18.3 Å². The predicted octanol–water partition coefficient (Wildman–Crippen LogP) is 1.56. The molecular weight excluding hydrogens is 316 g/mol. The zero-order valence-corrected chi connectivity index (χ0v) is 12.9. The smallest absolute Gasteiger partial charge is 0.200 e. The lowest BCUT2D eigenvalue weighted by molar-refractivity contribution is -0.129. The van der Waals surface area contributed by atoms with Crippen LogP contribution in [-0.4, -0.2) is 44.9 Å². The second-order valence-electron chi connectivity index (χ2n) is 5.86. The number of benzene rings is 2. The van der Waals surface area contributed by atoms with E-state index in [0.29, 0.717) is 11.1 Å². The summed E-state index contributed by atoms with van der Waals surface area (Å²) in [6, 6.07) is 7.06. The van der Waals surface area contributed by atoms with Crippen LogP contribution in [0.25, 0.3) is 0 Å². The minimum atomic E-state index is -1.46. The van der Waals surface area contributed by atoms with Crippen molar-refractivity contribution < 1.29 is 35.0 Å². The van der Waals surface area contributed by atoms with Crippen LogP contribution in [0.5, 0.6) is 28.7 Å². The minimum absolute atomic E-state index is 0.0695. The number of rotatable bonds is 3. The normalized spacial score (nSPS) is 22.7. The number of aromatic hydroxyl groups is 4. The molecule has 1 heterocycles. The van der Waals surface area contributed by atoms with Crippen molar-refractivity contribution >= 4 is 0 Å². The van der Waals surface area contributed by atoms with E-state index in [-0.39, 0.29) is 36.0 Å². The average molecular weight is 334 g/mol. The van der Waals surface area contributed by atoms with Crippen molar-refractivity contribution in [1.82, 2.24) is 0 Å². The number of fused-ring (bicyclic) bond motifs is 1. The second-order valence-corrected chi connectivity index (χ2v) is 5.86. The molecule has 0 saturated heterocycles. The van der Waals surface area contributed by atoms with Crippen molar-refractivity contribution in [2.75, 3.05) is 13.7 Å². The van der Waals surface area contributed by atoms with Gasteiger partial charge in [-0.15, -0.1) is 0 Å². The molecule has 0 aliphatic carbocycles. The molecule has 7 nitrogen and oxygen atoms in total. The summed E-state index contributed by atoms with van der Waals surface area (Å²) in [6.07, 6.45) is -0.732. The molecule has 2 atom stereocenters. The number of phenolic OH excluding ortho intramolecular Hbond substituents is 4. The highest BCUT2D eigenvalue weighted by molar-refractivity contribution is 5.56. The summed E-state index contributed by atoms with van der Waals surface area (Å²) >= 11 is 0. The molecule has 0 radical (unpaired) electrons. The van der Waals surface area contributed by atoms with Crippen LogP contribution in [0.3, 0.4) is 0 Å². The zero-order chi connectivity index (χ0) is 17.5. The molecule has 1 aliphatic rings. The molecule has 2 aromatic rings. The Hall–Kier alpha value is -2.64. The molecule has 0 fully saturated rings. The van der Waals surface area contributed by atoms with Crippen molar-refractivity contribution in [3.8, 4) is 28.7 Å². The summed E-state index contributed by atoms with van der Waals surface area (Å²) in [6.45, 7) is -0.183. The molecule has 2 aromatic carbocycles. The van der Waals surface area contributed by atoms with E-state index in [9.17, 15) is 25.5 Å². The van der Waals surface area contributed by atoms with E-state index in [1.54, 1.807) is 6.07 Å². The van der Waals surface area contributed by atoms with Crippen LogP contribution in [0.1, 0.15) is 17.2 Å². The topological polar surface area (TPSA) is 120 Å². The molecule has 0 aromatic heterocycles. The van der Waals surface area contributed by atoms with Crippen molar-refractivity contribution in [2.24, 2.45) is 0 Å². The van der Waals surface area contributed by atoms with Gasteiger partial charge in [0.15, 0.2) is 23.0 Å². The van der Waals surface area contributed by atoms with Gasteiger partial charge in [0, 0.05) is 19.1 Å². The average Bonchev–Trinajstić information content (AvgIpc) is 2.54. The van der Waals surface area contributed by atoms with Crippen LogP contribution in [-0.2, 0) is 11.2 Å². The standard InChI is InChI=1S/C17H18O7/c1-23-16-10-3-5-12(19)14(21)15(10)24-8-17(16,22)7-9-2-4-11(18)13(20)6-9/h2-6,16,18-22H,7-8H2,1H3/t16-,17+/m1/s1. The maximum absolute atomic E-state index is 11.0. The minimum Gasteiger partial charge on any atom is -0.504 e. The van der Waals surface area contributed by atoms with Crippen LogP contribution in [0.4, 0.5) is 0 Å². The monoisotopic (exact) mass is 334 g/mol. The Bertz CT molecular complexity index is 774. The fraction of sp³-hybridized carbons (Fsp3) is 0.294. The van der Waals surface area contributed by atoms with Gasteiger partial charge >= 0.3 is 0 Å². The van der Waals surface area contributed by atoms with Gasteiger partial charge in [0.05, 0.1) is 0 Å². The van der Waals surface area contributed by atoms with Gasteiger partial charge in [-0.05, 0) is 29.8 Å². The SMILES string of the molecule is CO[C@@H]1c2ccc(O)c(O)c2OC[C@@]1(O)Cc1ccc(O)c(O)c1. The Kier molecular flexibility index (Phi) is 3.90. The molecule has 128 valence electrons. The van der Waals surface area contributed by atoms with Gasteiger partial charge < -0.3 is 35.0 Å². The maximum atomic E-state index is 11.0. The Morgan fingerprint density at radius 2 is 1.79 bits per heavy atom. The first kappa shape index (κ1) is 16.2. The van der Waals surface area contributed by atoms with E-state index in [0.717, 1.165) is 0 Å². The fourth-order valence-electron chi connectivity index (χ4n) is 3.02. The first-order chi connectivity index (χ1) is 11.4. The van der Waals surface area contributed by atoms with Gasteiger partial charge in [0.2, 0.25) is 5.75 Å². The third-order valence-corrected chi connectivity index (χ3v) is 4.16. The number of ether oxygens (including phenoxy) is 2. The third kappa shape index (κ3) is 2.57. The van der Waals surface area contributed by atoms with E-state index >= 15 is 0 Å². The lowest BCUT2D eigenvalue weighted by atomic mass is 9.83. The van der Waals surface area contributed by atoms with Gasteiger partial charge in [0.25, 0.3) is 0 Å². The van der Waals surface area contributed by atoms with Gasteiger partial charge in [-0.1, -0.05) is 6.07 Å². The molecular formula is C17H18O7. The number of methoxy groups -OCH3 is 1. The van der Waals surface area contributed by atoms with Crippen molar-refractivity contribution in [3.05, 3.63) is 41.5 Å². The zero-order valence-electron chi connectivity index (χ0n) is 12.9. The summed E-state index contributed by atoms with van der Waals surface area (Å²) < 4.78 is 10.9. The van der Waals surface area contributed by atoms with Crippen molar-refractivity contribution in [3.63, 3.8) is 0 Å². The van der Waals surface area contributed by atoms with Gasteiger partial charge in [-0.25, -0.2) is 0 Å². The largest absolute Gasteiger partial charge is 0.504 e. The van der Waals surface area contributed by atoms with Crippen molar-refractivity contribution in [2.45, 2.75) is 18.1 Å². The lowest BCUT2D eigenvalue weighted by Crippen LogP contribution is -2.48. The van der Waals surface area contributed by atoms with Crippen LogP contribution >= 0.6 is 0 Å². The fourth-order valence-corrected chi connectivity index (χ4v) is 3.02. The van der Waals surface area contributed by atoms with E-state index < -0.39 is 17.5 Å². The highest BCUT2D eigenvalue weighted by Crippen LogP contribution is 2.48. The number of aliphatic hydroxyl groups is 1. The Morgan fingerprint density at radius 3 is 2.46 bits per heavy atom. The Balaban J connectivity index is 1.97. The maximum Gasteiger partial charge on any atom is 0.200 e. The van der Waals surface area contributed by atoms with Gasteiger partial charge in [-0.3, -0.25) is 0 Å². The highest BCUT2D eigenvalue weighted by atomic mass is 16.5. The van der Waals surface area contributed by atoms with Crippen LogP contribution in [0.2, 0.25) is 0 Å². The molecule has 0 unspecified atom stereocenters. The molecule has 0 spiro atoms. The molecule has 0 saturated carbocycles. The molecule has 1 aliphatic heterocycles. The van der Waals surface area contributed by atoms with Crippen LogP contribution in [0.15, 0.2) is 30.3 Å². The summed E-state index contributed by atoms with van der Waals surface area (Å²) in [4.78, 5) is 0. The van der Waals surface area contributed by atoms with Crippen molar-refractivity contribution in [1.29, 1.82) is 0 Å². The molecule has 3 rings (SSSR count). The van der Waals surface area contributed by atoms with E-state index in [2.05, 4.69) is 0 Å². The lowest BCUT2D eigenvalue weighted by Gasteiger charge is -2.40. The van der Waals surface area contributed by atoms with E-state index in [1.165, 1.54) is 31.4 Å². The summed E-state index contributed by atoms with van der Waals surface area (Å²) in [5, 5.41) is 49.5. The first-order valence-electron chi connectivity index (χ1n) is 7.29. The number of phenols is 4. The predicted molar refractivity (Wildman–Crippen MR) is 83.4 cm³/mol. The third-order valence-electron chi connectivity index (χ3n) is 4.16. The second kappa shape index (κ2) is 5.77. The molecule has 7 heteroatoms. The van der Waals surface area contributed by atoms with E-state index in [4.69, 9.17) is 9.47 Å². The Labute approximate surface area is 138 Å². The molecule has 5 N–H and O–H groups in total. The first-order valence-corrected chi connectivity index (χ1v) is 7.29. The molecule has 0 bridgehead atoms. The Morgan fingerprint density at radius 1 is 1.08 bits per heavy atom. The molecule has 0 amide bonds. The van der Waals surface area contributed by atoms with Crippen LogP contribution in [0, 0.1) is 0 Å². The summed E-state index contributed by atoms with van der Waals surface area (Å²) in [5.74, 6) is -1.19. The quantitative estimate of drug-likeness (QED) is 0.540. The highest BCUT2D eigenvalue weighted by Gasteiger charge is 2.45. The molecule has 24 heavy (non-hydrogen) atoms. The van der Waals surface area contributed by atoms with E-state index in [1.807, 2.05) is 0 Å². The number of hydrogen-bond acceptors (Lipinski definition) is 7. The summed E-state index contributed by atoms with van der Waals surface area (Å²) in [7, 11) is 1.42. The summed E-state index contributed by atoms with van der Waals surface area (Å²) in [5.41, 5.74) is -0.483. The number of hydrogen-bond donors (Lipinski definition) is 5. The van der Waals surface area contributed by atoms with Gasteiger partial charge in [-0.2, -0.15) is 0 Å².